The number of para-hydroxylation sites is 1. The number of nitrogens with zero attached hydrogens (tertiary/aromatic N) is 2. The first-order chi connectivity index (χ1) is 18.4. The predicted molar refractivity (Wildman–Crippen MR) is 141 cm³/mol. The van der Waals surface area contributed by atoms with Gasteiger partial charge in [-0.05, 0) is 61.3 Å². The van der Waals surface area contributed by atoms with E-state index in [-0.39, 0.29) is 36.7 Å². The third-order valence-corrected chi connectivity index (χ3v) is 6.70. The van der Waals surface area contributed by atoms with Crippen molar-refractivity contribution in [3.05, 3.63) is 95.1 Å². The summed E-state index contributed by atoms with van der Waals surface area (Å²) in [5.74, 6) is -2.52. The highest BCUT2D eigenvalue weighted by Gasteiger charge is 2.23. The van der Waals surface area contributed by atoms with Gasteiger partial charge in [-0.1, -0.05) is 49.6 Å². The monoisotopic (exact) mass is 522 g/mol. The lowest BCUT2D eigenvalue weighted by Crippen LogP contribution is -2.37. The van der Waals surface area contributed by atoms with Gasteiger partial charge in [-0.3, -0.25) is 9.69 Å². The molecule has 1 aliphatic rings. The van der Waals surface area contributed by atoms with Gasteiger partial charge >= 0.3 is 5.97 Å². The largest absolute Gasteiger partial charge is 0.484 e. The molecule has 0 bridgehead atoms. The van der Waals surface area contributed by atoms with E-state index in [0.29, 0.717) is 30.1 Å². The minimum Gasteiger partial charge on any atom is -0.484 e. The zero-order valence-electron chi connectivity index (χ0n) is 21.2. The van der Waals surface area contributed by atoms with E-state index in [4.69, 9.17) is 4.74 Å². The fraction of sp³-hybridized carbons (Fsp3) is 0.333. The van der Waals surface area contributed by atoms with Gasteiger partial charge in [0.25, 0.3) is 5.91 Å². The molecule has 0 aromatic heterocycles. The smallest absolute Gasteiger partial charge is 0.335 e. The average molecular weight is 523 g/mol. The Morgan fingerprint density at radius 3 is 2.37 bits per heavy atom. The summed E-state index contributed by atoms with van der Waals surface area (Å²) >= 11 is 0. The van der Waals surface area contributed by atoms with Gasteiger partial charge in [0, 0.05) is 30.9 Å². The Labute approximate surface area is 221 Å². The Balaban J connectivity index is 1.66. The van der Waals surface area contributed by atoms with Crippen LogP contribution in [-0.4, -0.2) is 41.6 Å². The van der Waals surface area contributed by atoms with E-state index in [1.54, 1.807) is 35.2 Å². The van der Waals surface area contributed by atoms with Gasteiger partial charge in [-0.15, -0.1) is 0 Å². The zero-order chi connectivity index (χ0) is 26.9. The molecule has 4 rings (SSSR count). The number of carbonyl (C=O) groups excluding carboxylic acids is 1. The van der Waals surface area contributed by atoms with Gasteiger partial charge in [0.1, 0.15) is 5.75 Å². The number of fused-ring (bicyclic) bond motifs is 1. The Hall–Kier alpha value is -3.78. The van der Waals surface area contributed by atoms with E-state index in [9.17, 15) is 23.5 Å². The molecule has 8 heteroatoms. The van der Waals surface area contributed by atoms with Crippen LogP contribution in [0.1, 0.15) is 53.6 Å². The number of aromatic carboxylic acids is 1. The van der Waals surface area contributed by atoms with Crippen molar-refractivity contribution in [3.8, 4) is 5.75 Å². The van der Waals surface area contributed by atoms with E-state index in [1.165, 1.54) is 12.1 Å². The summed E-state index contributed by atoms with van der Waals surface area (Å²) in [7, 11) is 0. The van der Waals surface area contributed by atoms with Gasteiger partial charge < -0.3 is 14.7 Å². The molecule has 0 saturated carbocycles. The number of hydrogen-bond donors (Lipinski definition) is 1. The first-order valence-corrected chi connectivity index (χ1v) is 12.9. The summed E-state index contributed by atoms with van der Waals surface area (Å²) in [5, 5.41) is 9.64. The maximum Gasteiger partial charge on any atom is 0.335 e. The number of carboxylic acid groups (broad SMARTS) is 1. The third-order valence-electron chi connectivity index (χ3n) is 6.70. The summed E-state index contributed by atoms with van der Waals surface area (Å²) < 4.78 is 34.1. The van der Waals surface area contributed by atoms with Gasteiger partial charge in [0.2, 0.25) is 0 Å². The van der Waals surface area contributed by atoms with E-state index < -0.39 is 17.6 Å². The van der Waals surface area contributed by atoms with Crippen LogP contribution in [-0.2, 0) is 17.9 Å². The molecule has 200 valence electrons. The molecule has 0 aliphatic carbocycles. The molecule has 1 aliphatic heterocycles. The van der Waals surface area contributed by atoms with Crippen LogP contribution in [0.25, 0.3) is 0 Å². The van der Waals surface area contributed by atoms with E-state index in [2.05, 4.69) is 0 Å². The highest BCUT2D eigenvalue weighted by atomic mass is 19.2. The van der Waals surface area contributed by atoms with E-state index in [1.807, 2.05) is 23.1 Å². The maximum atomic E-state index is 14.5. The van der Waals surface area contributed by atoms with Crippen LogP contribution in [0.4, 0.5) is 14.5 Å². The number of ether oxygens (including phenoxy) is 1. The molecule has 0 saturated heterocycles. The molecule has 1 heterocycles. The molecule has 0 fully saturated rings. The SMILES string of the molecule is O=C(O)c1ccc2c(c1)CN(Cc1cccc(F)c1F)CCCCCCCN2C(=O)COc1ccccc1. The number of hydrogen-bond acceptors (Lipinski definition) is 4. The Kier molecular flexibility index (Phi) is 9.43. The summed E-state index contributed by atoms with van der Waals surface area (Å²) in [5.41, 5.74) is 1.56. The summed E-state index contributed by atoms with van der Waals surface area (Å²) in [6, 6.07) is 17.9. The minimum absolute atomic E-state index is 0.0978. The Morgan fingerprint density at radius 2 is 1.61 bits per heavy atom. The van der Waals surface area contributed by atoms with Crippen molar-refractivity contribution in [2.24, 2.45) is 0 Å². The molecule has 3 aromatic rings. The third kappa shape index (κ3) is 7.16. The lowest BCUT2D eigenvalue weighted by molar-refractivity contribution is -0.120. The summed E-state index contributed by atoms with van der Waals surface area (Å²) in [6.07, 6.45) is 4.57. The van der Waals surface area contributed by atoms with Crippen molar-refractivity contribution < 1.29 is 28.2 Å². The van der Waals surface area contributed by atoms with Gasteiger partial charge in [0.15, 0.2) is 18.2 Å². The maximum absolute atomic E-state index is 14.5. The van der Waals surface area contributed by atoms with Crippen molar-refractivity contribution in [1.29, 1.82) is 0 Å². The molecule has 0 atom stereocenters. The van der Waals surface area contributed by atoms with E-state index in [0.717, 1.165) is 38.2 Å². The second-order valence-electron chi connectivity index (χ2n) is 9.49. The van der Waals surface area contributed by atoms with Crippen LogP contribution >= 0.6 is 0 Å². The molecule has 0 spiro atoms. The molecule has 1 amide bonds. The van der Waals surface area contributed by atoms with Crippen molar-refractivity contribution in [2.75, 3.05) is 24.6 Å². The van der Waals surface area contributed by atoms with Crippen molar-refractivity contribution in [2.45, 2.75) is 45.2 Å². The van der Waals surface area contributed by atoms with Crippen molar-refractivity contribution in [1.82, 2.24) is 4.90 Å². The number of rotatable bonds is 6. The Bertz CT molecular complexity index is 1250. The van der Waals surface area contributed by atoms with Crippen molar-refractivity contribution >= 4 is 17.6 Å². The van der Waals surface area contributed by atoms with Gasteiger partial charge in [0.05, 0.1) is 5.56 Å². The number of anilines is 1. The highest BCUT2D eigenvalue weighted by Crippen LogP contribution is 2.27. The van der Waals surface area contributed by atoms with Crippen LogP contribution < -0.4 is 9.64 Å². The standard InChI is InChI=1S/C30H32F2N2O4/c31-26-13-9-10-23(29(26)32)19-33-16-7-2-1-3-8-17-34(28(35)21-38-25-11-5-4-6-12-25)27-15-14-22(30(36)37)18-24(27)20-33/h4-6,9-15,18H,1-3,7-8,16-17,19-21H2,(H,36,37). The molecule has 3 aromatic carbocycles. The molecule has 1 N–H and O–H groups in total. The molecular weight excluding hydrogens is 490 g/mol. The number of halogens is 2. The first kappa shape index (κ1) is 27.3. The van der Waals surface area contributed by atoms with Crippen LogP contribution in [0.15, 0.2) is 66.7 Å². The van der Waals surface area contributed by atoms with Crippen LogP contribution in [0, 0.1) is 11.6 Å². The predicted octanol–water partition coefficient (Wildman–Crippen LogP) is 6.04. The average Bonchev–Trinajstić information content (AvgIpc) is 2.91. The van der Waals surface area contributed by atoms with Crippen molar-refractivity contribution in [3.63, 3.8) is 0 Å². The topological polar surface area (TPSA) is 70.1 Å². The lowest BCUT2D eigenvalue weighted by Gasteiger charge is -2.30. The molecular formula is C30H32F2N2O4. The fourth-order valence-corrected chi connectivity index (χ4v) is 4.73. The number of carboxylic acids is 1. The molecule has 0 radical (unpaired) electrons. The number of benzene rings is 3. The van der Waals surface area contributed by atoms with Crippen LogP contribution in [0.3, 0.4) is 0 Å². The first-order valence-electron chi connectivity index (χ1n) is 12.9. The summed E-state index contributed by atoms with van der Waals surface area (Å²) in [4.78, 5) is 28.8. The second kappa shape index (κ2) is 13.1. The molecule has 0 unspecified atom stereocenters. The second-order valence-corrected chi connectivity index (χ2v) is 9.49. The van der Waals surface area contributed by atoms with Gasteiger partial charge in [-0.2, -0.15) is 0 Å². The quantitative estimate of drug-likeness (QED) is 0.427. The Morgan fingerprint density at radius 1 is 0.868 bits per heavy atom. The molecule has 38 heavy (non-hydrogen) atoms. The van der Waals surface area contributed by atoms with E-state index >= 15 is 0 Å². The molecule has 6 nitrogen and oxygen atoms in total. The number of carbonyl (C=O) groups is 2. The zero-order valence-corrected chi connectivity index (χ0v) is 21.2. The lowest BCUT2D eigenvalue weighted by atomic mass is 10.0. The minimum atomic E-state index is -1.08. The summed E-state index contributed by atoms with van der Waals surface area (Å²) in [6.45, 7) is 1.36. The van der Waals surface area contributed by atoms with Gasteiger partial charge in [-0.25, -0.2) is 13.6 Å². The number of amides is 1. The highest BCUT2D eigenvalue weighted by molar-refractivity contribution is 5.96. The fourth-order valence-electron chi connectivity index (χ4n) is 4.73. The normalized spacial score (nSPS) is 15.2. The van der Waals surface area contributed by atoms with Crippen LogP contribution in [0.2, 0.25) is 0 Å². The van der Waals surface area contributed by atoms with Crippen LogP contribution in [0.5, 0.6) is 5.75 Å².